The predicted molar refractivity (Wildman–Crippen MR) is 72.6 cm³/mol. The lowest BCUT2D eigenvalue weighted by atomic mass is 9.88. The number of nitrogens with two attached hydrogens (primary N) is 1. The van der Waals surface area contributed by atoms with Crippen LogP contribution in [0.2, 0.25) is 0 Å². The van der Waals surface area contributed by atoms with Crippen molar-refractivity contribution in [2.24, 2.45) is 5.92 Å². The topological polar surface area (TPSA) is 72.2 Å². The number of hydrogen-bond donors (Lipinski definition) is 2. The summed E-state index contributed by atoms with van der Waals surface area (Å²) >= 11 is 0. The number of sulfonamides is 1. The molecule has 0 radical (unpaired) electrons. The highest BCUT2D eigenvalue weighted by atomic mass is 32.2. The van der Waals surface area contributed by atoms with Crippen molar-refractivity contribution in [2.45, 2.75) is 43.5 Å². The highest BCUT2D eigenvalue weighted by Gasteiger charge is 2.24. The van der Waals surface area contributed by atoms with Crippen molar-refractivity contribution in [1.82, 2.24) is 4.72 Å². The van der Waals surface area contributed by atoms with Crippen LogP contribution in [0.4, 0.5) is 10.1 Å². The molecule has 6 heteroatoms. The third-order valence-corrected chi connectivity index (χ3v) is 5.13. The van der Waals surface area contributed by atoms with Gasteiger partial charge in [-0.3, -0.25) is 0 Å². The maximum atomic E-state index is 13.0. The van der Waals surface area contributed by atoms with Crippen molar-refractivity contribution < 1.29 is 12.8 Å². The molecule has 3 N–H and O–H groups in total. The quantitative estimate of drug-likeness (QED) is 0.837. The number of hydrogen-bond acceptors (Lipinski definition) is 3. The Bertz CT molecular complexity index is 552. The van der Waals surface area contributed by atoms with Gasteiger partial charge in [-0.05, 0) is 49.8 Å². The van der Waals surface area contributed by atoms with Gasteiger partial charge in [0.2, 0.25) is 10.0 Å². The molecule has 1 fully saturated rings. The molecule has 1 saturated carbocycles. The largest absolute Gasteiger partial charge is 0.396 e. The molecule has 0 heterocycles. The van der Waals surface area contributed by atoms with Crippen molar-refractivity contribution in [3.05, 3.63) is 24.0 Å². The zero-order valence-corrected chi connectivity index (χ0v) is 11.7. The summed E-state index contributed by atoms with van der Waals surface area (Å²) in [4.78, 5) is 0.0185. The van der Waals surface area contributed by atoms with Crippen LogP contribution >= 0.6 is 0 Å². The van der Waals surface area contributed by atoms with Gasteiger partial charge in [-0.1, -0.05) is 6.92 Å². The molecule has 1 aliphatic rings. The molecule has 106 valence electrons. The van der Waals surface area contributed by atoms with E-state index in [9.17, 15) is 12.8 Å². The Hall–Kier alpha value is -1.14. The molecule has 0 spiro atoms. The number of nitrogen functional groups attached to an aromatic ring is 1. The lowest BCUT2D eigenvalue weighted by Gasteiger charge is -2.26. The smallest absolute Gasteiger partial charge is 0.240 e. The van der Waals surface area contributed by atoms with Gasteiger partial charge in [0.15, 0.2) is 0 Å². The zero-order valence-electron chi connectivity index (χ0n) is 10.9. The molecule has 1 aromatic carbocycles. The van der Waals surface area contributed by atoms with Crippen molar-refractivity contribution in [3.63, 3.8) is 0 Å². The SMILES string of the molecule is CC1CCC(NS(=O)(=O)c2ccc(F)c(N)c2)CC1. The van der Waals surface area contributed by atoms with Crippen molar-refractivity contribution in [2.75, 3.05) is 5.73 Å². The minimum absolute atomic E-state index is 0.0185. The van der Waals surface area contributed by atoms with E-state index in [4.69, 9.17) is 5.73 Å². The third-order valence-electron chi connectivity index (χ3n) is 3.62. The average molecular weight is 286 g/mol. The lowest BCUT2D eigenvalue weighted by Crippen LogP contribution is -2.37. The van der Waals surface area contributed by atoms with Crippen molar-refractivity contribution >= 4 is 15.7 Å². The number of rotatable bonds is 3. The maximum absolute atomic E-state index is 13.0. The second-order valence-corrected chi connectivity index (χ2v) is 6.98. The van der Waals surface area contributed by atoms with E-state index in [1.165, 1.54) is 6.07 Å². The Balaban J connectivity index is 2.11. The summed E-state index contributed by atoms with van der Waals surface area (Å²) < 4.78 is 40.0. The van der Waals surface area contributed by atoms with Gasteiger partial charge >= 0.3 is 0 Å². The van der Waals surface area contributed by atoms with Crippen LogP contribution in [0.5, 0.6) is 0 Å². The fourth-order valence-corrected chi connectivity index (χ4v) is 3.69. The molecule has 2 rings (SSSR count). The number of nitrogens with one attached hydrogen (secondary N) is 1. The summed E-state index contributed by atoms with van der Waals surface area (Å²) in [6.07, 6.45) is 3.74. The Morgan fingerprint density at radius 2 is 1.89 bits per heavy atom. The van der Waals surface area contributed by atoms with E-state index in [0.717, 1.165) is 37.8 Å². The molecule has 1 aromatic rings. The maximum Gasteiger partial charge on any atom is 0.240 e. The monoisotopic (exact) mass is 286 g/mol. The Labute approximate surface area is 113 Å². The first-order valence-electron chi connectivity index (χ1n) is 6.46. The van der Waals surface area contributed by atoms with Gasteiger partial charge in [0, 0.05) is 6.04 Å². The van der Waals surface area contributed by atoms with Crippen LogP contribution in [0.1, 0.15) is 32.6 Å². The number of benzene rings is 1. The minimum Gasteiger partial charge on any atom is -0.396 e. The van der Waals surface area contributed by atoms with E-state index in [2.05, 4.69) is 11.6 Å². The number of anilines is 1. The standard InChI is InChI=1S/C13H19FN2O2S/c1-9-2-4-10(5-3-9)16-19(17,18)11-6-7-12(14)13(15)8-11/h6-10,16H,2-5,15H2,1H3. The number of halogens is 1. The summed E-state index contributed by atoms with van der Waals surface area (Å²) in [6, 6.07) is 3.43. The van der Waals surface area contributed by atoms with E-state index in [1.54, 1.807) is 0 Å². The molecule has 0 atom stereocenters. The first kappa shape index (κ1) is 14.3. The molecule has 4 nitrogen and oxygen atoms in total. The summed E-state index contributed by atoms with van der Waals surface area (Å²) in [5.74, 6) is 0.0488. The molecule has 0 bridgehead atoms. The van der Waals surface area contributed by atoms with Gasteiger partial charge in [-0.15, -0.1) is 0 Å². The molecule has 0 saturated heterocycles. The van der Waals surface area contributed by atoms with Crippen LogP contribution < -0.4 is 10.5 Å². The van der Waals surface area contributed by atoms with Crippen LogP contribution in [-0.2, 0) is 10.0 Å². The second-order valence-electron chi connectivity index (χ2n) is 5.26. The van der Waals surface area contributed by atoms with Crippen LogP contribution in [0.25, 0.3) is 0 Å². The molecular weight excluding hydrogens is 267 g/mol. The lowest BCUT2D eigenvalue weighted by molar-refractivity contribution is 0.332. The van der Waals surface area contributed by atoms with Gasteiger partial charge in [0.25, 0.3) is 0 Å². The normalized spacial score (nSPS) is 24.3. The van der Waals surface area contributed by atoms with Crippen LogP contribution in [0.3, 0.4) is 0 Å². The van der Waals surface area contributed by atoms with Gasteiger partial charge in [0.05, 0.1) is 10.6 Å². The molecule has 19 heavy (non-hydrogen) atoms. The molecule has 0 aromatic heterocycles. The first-order valence-corrected chi connectivity index (χ1v) is 7.94. The molecule has 0 aliphatic heterocycles. The van der Waals surface area contributed by atoms with E-state index in [-0.39, 0.29) is 16.6 Å². The Morgan fingerprint density at radius 1 is 1.26 bits per heavy atom. The van der Waals surface area contributed by atoms with Gasteiger partial charge in [-0.25, -0.2) is 17.5 Å². The molecule has 0 unspecified atom stereocenters. The Kier molecular flexibility index (Phi) is 4.10. The van der Waals surface area contributed by atoms with Crippen molar-refractivity contribution in [3.8, 4) is 0 Å². The Morgan fingerprint density at radius 3 is 2.47 bits per heavy atom. The summed E-state index contributed by atoms with van der Waals surface area (Å²) in [6.45, 7) is 2.17. The average Bonchev–Trinajstić information content (AvgIpc) is 2.35. The molecule has 0 amide bonds. The van der Waals surface area contributed by atoms with E-state index in [1.807, 2.05) is 0 Å². The van der Waals surface area contributed by atoms with Crippen LogP contribution in [-0.4, -0.2) is 14.5 Å². The van der Waals surface area contributed by atoms with Gasteiger partial charge < -0.3 is 5.73 Å². The van der Waals surface area contributed by atoms with Crippen LogP contribution in [0.15, 0.2) is 23.1 Å². The van der Waals surface area contributed by atoms with Crippen LogP contribution in [0, 0.1) is 11.7 Å². The highest BCUT2D eigenvalue weighted by molar-refractivity contribution is 7.89. The minimum atomic E-state index is -3.61. The van der Waals surface area contributed by atoms with E-state index >= 15 is 0 Å². The summed E-state index contributed by atoms with van der Waals surface area (Å²) in [5, 5.41) is 0. The van der Waals surface area contributed by atoms with E-state index in [0.29, 0.717) is 5.92 Å². The summed E-state index contributed by atoms with van der Waals surface area (Å²) in [7, 11) is -3.61. The fourth-order valence-electron chi connectivity index (χ4n) is 2.35. The molecular formula is C13H19FN2O2S. The molecule has 1 aliphatic carbocycles. The second kappa shape index (κ2) is 5.46. The van der Waals surface area contributed by atoms with Gasteiger partial charge in [0.1, 0.15) is 5.82 Å². The fraction of sp³-hybridized carbons (Fsp3) is 0.538. The first-order chi connectivity index (χ1) is 8.88. The third kappa shape index (κ3) is 3.45. The predicted octanol–water partition coefficient (Wildman–Crippen LogP) is 2.26. The highest BCUT2D eigenvalue weighted by Crippen LogP contribution is 2.25. The van der Waals surface area contributed by atoms with Gasteiger partial charge in [-0.2, -0.15) is 0 Å². The summed E-state index contributed by atoms with van der Waals surface area (Å²) in [5.41, 5.74) is 5.25. The van der Waals surface area contributed by atoms with Crippen molar-refractivity contribution in [1.29, 1.82) is 0 Å². The zero-order chi connectivity index (χ0) is 14.0. The van der Waals surface area contributed by atoms with E-state index < -0.39 is 15.8 Å².